The van der Waals surface area contributed by atoms with E-state index in [1.165, 1.54) is 7.11 Å². The van der Waals surface area contributed by atoms with E-state index < -0.39 is 0 Å². The fraction of sp³-hybridized carbons (Fsp3) is 0.500. The number of anilines is 1. The monoisotopic (exact) mass is 306 g/mol. The van der Waals surface area contributed by atoms with Crippen LogP contribution in [0.25, 0.3) is 0 Å². The molecule has 1 saturated carbocycles. The van der Waals surface area contributed by atoms with Crippen molar-refractivity contribution in [2.45, 2.75) is 19.8 Å². The van der Waals surface area contributed by atoms with Crippen LogP contribution in [-0.2, 0) is 9.59 Å². The Morgan fingerprint density at radius 1 is 1.18 bits per heavy atom. The van der Waals surface area contributed by atoms with E-state index in [2.05, 4.69) is 10.6 Å². The highest BCUT2D eigenvalue weighted by Crippen LogP contribution is 2.40. The van der Waals surface area contributed by atoms with Crippen LogP contribution in [0.15, 0.2) is 18.2 Å². The maximum atomic E-state index is 12.2. The molecule has 2 atom stereocenters. The Morgan fingerprint density at radius 3 is 2.55 bits per heavy atom. The minimum absolute atomic E-state index is 0.0420. The molecule has 0 aromatic heterocycles. The first kappa shape index (κ1) is 16.1. The molecule has 0 heterocycles. The molecule has 0 aliphatic heterocycles. The molecule has 0 saturated heterocycles. The summed E-state index contributed by atoms with van der Waals surface area (Å²) in [5.74, 6) is 0.490. The highest BCUT2D eigenvalue weighted by atomic mass is 16.5. The summed E-state index contributed by atoms with van der Waals surface area (Å²) in [4.78, 5) is 24.1. The first-order chi connectivity index (χ1) is 10.6. The van der Waals surface area contributed by atoms with Crippen molar-refractivity contribution in [3.8, 4) is 11.5 Å². The Morgan fingerprint density at radius 2 is 1.91 bits per heavy atom. The number of ether oxygens (including phenoxy) is 2. The van der Waals surface area contributed by atoms with Gasteiger partial charge in [0, 0.05) is 12.6 Å². The fourth-order valence-electron chi connectivity index (χ4n) is 2.29. The first-order valence-corrected chi connectivity index (χ1v) is 7.41. The molecule has 1 aliphatic carbocycles. The molecule has 0 spiro atoms. The number of hydrogen-bond donors (Lipinski definition) is 2. The van der Waals surface area contributed by atoms with Gasteiger partial charge >= 0.3 is 0 Å². The third-order valence-electron chi connectivity index (χ3n) is 3.68. The number of benzene rings is 1. The van der Waals surface area contributed by atoms with E-state index in [-0.39, 0.29) is 23.7 Å². The van der Waals surface area contributed by atoms with Crippen LogP contribution >= 0.6 is 0 Å². The van der Waals surface area contributed by atoms with Gasteiger partial charge in [-0.15, -0.1) is 0 Å². The van der Waals surface area contributed by atoms with Crippen LogP contribution in [0, 0.1) is 11.8 Å². The maximum absolute atomic E-state index is 12.2. The second-order valence-electron chi connectivity index (χ2n) is 5.30. The molecular formula is C16H22N2O4. The molecular weight excluding hydrogens is 284 g/mol. The zero-order valence-electron chi connectivity index (χ0n) is 13.1. The van der Waals surface area contributed by atoms with Gasteiger partial charge in [-0.2, -0.15) is 0 Å². The smallest absolute Gasteiger partial charge is 0.228 e. The van der Waals surface area contributed by atoms with Crippen molar-refractivity contribution in [2.75, 3.05) is 26.1 Å². The zero-order chi connectivity index (χ0) is 16.1. The van der Waals surface area contributed by atoms with Gasteiger partial charge in [0.05, 0.1) is 31.7 Å². The van der Waals surface area contributed by atoms with Gasteiger partial charge in [-0.05, 0) is 25.0 Å². The minimum Gasteiger partial charge on any atom is -0.497 e. The summed E-state index contributed by atoms with van der Waals surface area (Å²) in [6.07, 6.45) is 1.48. The van der Waals surface area contributed by atoms with Crippen LogP contribution in [0.3, 0.4) is 0 Å². The van der Waals surface area contributed by atoms with Gasteiger partial charge in [0.15, 0.2) is 0 Å². The standard InChI is InChI=1S/C16H22N2O4/c1-4-7-17-15(19)11-9-12(11)16(20)18-13-8-10(21-2)5-6-14(13)22-3/h5-6,8,11-12H,4,7,9H2,1-3H3,(H,17,19)(H,18,20). The van der Waals surface area contributed by atoms with Crippen molar-refractivity contribution in [2.24, 2.45) is 11.8 Å². The average molecular weight is 306 g/mol. The van der Waals surface area contributed by atoms with Crippen molar-refractivity contribution >= 4 is 17.5 Å². The Bertz CT molecular complexity index is 559. The van der Waals surface area contributed by atoms with Crippen molar-refractivity contribution in [1.29, 1.82) is 0 Å². The van der Waals surface area contributed by atoms with Crippen molar-refractivity contribution in [3.63, 3.8) is 0 Å². The fourth-order valence-corrected chi connectivity index (χ4v) is 2.29. The van der Waals surface area contributed by atoms with Crippen molar-refractivity contribution < 1.29 is 19.1 Å². The van der Waals surface area contributed by atoms with Gasteiger partial charge in [-0.25, -0.2) is 0 Å². The molecule has 0 radical (unpaired) electrons. The lowest BCUT2D eigenvalue weighted by Crippen LogP contribution is -2.28. The van der Waals surface area contributed by atoms with Gasteiger partial charge in [0.2, 0.25) is 11.8 Å². The van der Waals surface area contributed by atoms with Crippen molar-refractivity contribution in [3.05, 3.63) is 18.2 Å². The van der Waals surface area contributed by atoms with Gasteiger partial charge in [-0.3, -0.25) is 9.59 Å². The maximum Gasteiger partial charge on any atom is 0.228 e. The SMILES string of the molecule is CCCNC(=O)C1CC1C(=O)Nc1cc(OC)ccc1OC. The summed E-state index contributed by atoms with van der Waals surface area (Å²) in [6, 6.07) is 5.19. The van der Waals surface area contributed by atoms with Gasteiger partial charge in [0.25, 0.3) is 0 Å². The topological polar surface area (TPSA) is 76.7 Å². The molecule has 6 heteroatoms. The second kappa shape index (κ2) is 7.15. The third kappa shape index (κ3) is 3.69. The number of rotatable bonds is 7. The van der Waals surface area contributed by atoms with Gasteiger partial charge in [-0.1, -0.05) is 6.92 Å². The number of carbonyl (C=O) groups is 2. The largest absolute Gasteiger partial charge is 0.497 e. The third-order valence-corrected chi connectivity index (χ3v) is 3.68. The van der Waals surface area contributed by atoms with Crippen LogP contribution in [0.1, 0.15) is 19.8 Å². The number of methoxy groups -OCH3 is 2. The summed E-state index contributed by atoms with van der Waals surface area (Å²) in [5, 5.41) is 5.64. The highest BCUT2D eigenvalue weighted by Gasteiger charge is 2.48. The quantitative estimate of drug-likeness (QED) is 0.805. The van der Waals surface area contributed by atoms with Crippen molar-refractivity contribution in [1.82, 2.24) is 5.32 Å². The molecule has 22 heavy (non-hydrogen) atoms. The summed E-state index contributed by atoms with van der Waals surface area (Å²) >= 11 is 0. The Labute approximate surface area is 130 Å². The molecule has 6 nitrogen and oxygen atoms in total. The molecule has 1 aliphatic rings. The van der Waals surface area contributed by atoms with E-state index in [0.717, 1.165) is 6.42 Å². The van der Waals surface area contributed by atoms with E-state index in [4.69, 9.17) is 9.47 Å². The normalized spacial score (nSPS) is 19.2. The van der Waals surface area contributed by atoms with E-state index in [1.807, 2.05) is 6.92 Å². The molecule has 2 N–H and O–H groups in total. The summed E-state index contributed by atoms with van der Waals surface area (Å²) in [5.41, 5.74) is 0.548. The molecule has 1 aromatic carbocycles. The predicted octanol–water partition coefficient (Wildman–Crippen LogP) is 1.80. The number of amides is 2. The van der Waals surface area contributed by atoms with E-state index in [0.29, 0.717) is 30.2 Å². The lowest BCUT2D eigenvalue weighted by atomic mass is 10.2. The zero-order valence-corrected chi connectivity index (χ0v) is 13.1. The molecule has 0 bridgehead atoms. The van der Waals surface area contributed by atoms with E-state index in [9.17, 15) is 9.59 Å². The Kier molecular flexibility index (Phi) is 5.25. The Balaban J connectivity index is 1.97. The van der Waals surface area contributed by atoms with E-state index in [1.54, 1.807) is 25.3 Å². The highest BCUT2D eigenvalue weighted by molar-refractivity contribution is 6.00. The molecule has 2 rings (SSSR count). The molecule has 1 fully saturated rings. The lowest BCUT2D eigenvalue weighted by Gasteiger charge is -2.11. The summed E-state index contributed by atoms with van der Waals surface area (Å²) < 4.78 is 10.4. The first-order valence-electron chi connectivity index (χ1n) is 7.41. The summed E-state index contributed by atoms with van der Waals surface area (Å²) in [6.45, 7) is 2.64. The van der Waals surface area contributed by atoms with Crippen LogP contribution in [0.4, 0.5) is 5.69 Å². The van der Waals surface area contributed by atoms with Crippen LogP contribution < -0.4 is 20.1 Å². The molecule has 2 unspecified atom stereocenters. The van der Waals surface area contributed by atoms with Crippen LogP contribution in [0.2, 0.25) is 0 Å². The van der Waals surface area contributed by atoms with Crippen LogP contribution in [0.5, 0.6) is 11.5 Å². The average Bonchev–Trinajstić information content (AvgIpc) is 3.33. The number of nitrogens with one attached hydrogen (secondary N) is 2. The van der Waals surface area contributed by atoms with E-state index >= 15 is 0 Å². The number of carbonyl (C=O) groups excluding carboxylic acids is 2. The predicted molar refractivity (Wildman–Crippen MR) is 83.1 cm³/mol. The summed E-state index contributed by atoms with van der Waals surface area (Å²) in [7, 11) is 3.10. The molecule has 1 aromatic rings. The minimum atomic E-state index is -0.271. The lowest BCUT2D eigenvalue weighted by molar-refractivity contribution is -0.125. The Hall–Kier alpha value is -2.24. The van der Waals surface area contributed by atoms with Crippen LogP contribution in [-0.4, -0.2) is 32.6 Å². The van der Waals surface area contributed by atoms with Gasteiger partial charge < -0.3 is 20.1 Å². The number of hydrogen-bond acceptors (Lipinski definition) is 4. The molecule has 2 amide bonds. The van der Waals surface area contributed by atoms with Gasteiger partial charge in [0.1, 0.15) is 11.5 Å². The second-order valence-corrected chi connectivity index (χ2v) is 5.30. The molecule has 120 valence electrons.